The number of nitrogens with two attached hydrogens (primary N) is 1. The van der Waals surface area contributed by atoms with E-state index < -0.39 is 0 Å². The van der Waals surface area contributed by atoms with Gasteiger partial charge in [-0.3, -0.25) is 11.3 Å². The van der Waals surface area contributed by atoms with E-state index in [0.717, 1.165) is 6.54 Å². The Hall–Kier alpha value is -0.600. The quantitative estimate of drug-likeness (QED) is 0.336. The largest absolute Gasteiger partial charge is 0.271 e. The zero-order valence-electron chi connectivity index (χ0n) is 6.02. The van der Waals surface area contributed by atoms with Gasteiger partial charge in [0.1, 0.15) is 0 Å². The number of hydrogen-bond donors (Lipinski definition) is 2. The van der Waals surface area contributed by atoms with Crippen molar-refractivity contribution < 1.29 is 0 Å². The van der Waals surface area contributed by atoms with Gasteiger partial charge in [0.05, 0.1) is 0 Å². The highest BCUT2D eigenvalue weighted by molar-refractivity contribution is 5.10. The second-order valence-electron chi connectivity index (χ2n) is 1.92. The first-order chi connectivity index (χ1) is 4.31. The lowest BCUT2D eigenvalue weighted by Gasteiger charge is -1.94. The Kier molecular flexibility index (Phi) is 5.17. The van der Waals surface area contributed by atoms with E-state index in [1.807, 2.05) is 32.1 Å². The summed E-state index contributed by atoms with van der Waals surface area (Å²) in [6.45, 7) is 4.77. The molecule has 2 nitrogen and oxygen atoms in total. The summed E-state index contributed by atoms with van der Waals surface area (Å²) in [5, 5.41) is 0. The molecule has 0 heterocycles. The standard InChI is InChI=1S/C7H14N2/c1-3-4-5-7(2)6-9-8/h3-5,9H,6,8H2,1-2H3/b4-3+,7-5+. The maximum Gasteiger partial charge on any atom is 0.0308 e. The summed E-state index contributed by atoms with van der Waals surface area (Å²) in [5.74, 6) is 5.09. The zero-order valence-corrected chi connectivity index (χ0v) is 6.02. The molecule has 3 N–H and O–H groups in total. The summed E-state index contributed by atoms with van der Waals surface area (Å²) in [4.78, 5) is 0. The van der Waals surface area contributed by atoms with Gasteiger partial charge in [-0.2, -0.15) is 0 Å². The summed E-state index contributed by atoms with van der Waals surface area (Å²) in [7, 11) is 0. The highest BCUT2D eigenvalue weighted by Crippen LogP contribution is 1.88. The van der Waals surface area contributed by atoms with Crippen molar-refractivity contribution in [2.45, 2.75) is 13.8 Å². The molecule has 0 spiro atoms. The van der Waals surface area contributed by atoms with Gasteiger partial charge >= 0.3 is 0 Å². The topological polar surface area (TPSA) is 38.0 Å². The fraction of sp³-hybridized carbons (Fsp3) is 0.429. The molecule has 0 atom stereocenters. The van der Waals surface area contributed by atoms with Gasteiger partial charge in [-0.15, -0.1) is 0 Å². The number of hydrogen-bond acceptors (Lipinski definition) is 2. The molecule has 0 bridgehead atoms. The van der Waals surface area contributed by atoms with E-state index in [1.54, 1.807) is 0 Å². The molecule has 0 aromatic heterocycles. The molecule has 52 valence electrons. The van der Waals surface area contributed by atoms with Gasteiger partial charge in [-0.1, -0.05) is 23.8 Å². The van der Waals surface area contributed by atoms with Crippen LogP contribution in [0.5, 0.6) is 0 Å². The fourth-order valence-corrected chi connectivity index (χ4v) is 0.480. The second-order valence-corrected chi connectivity index (χ2v) is 1.92. The molecule has 0 aliphatic carbocycles. The molecular weight excluding hydrogens is 112 g/mol. The highest BCUT2D eigenvalue weighted by atomic mass is 15.2. The van der Waals surface area contributed by atoms with Gasteiger partial charge in [0, 0.05) is 6.54 Å². The third-order valence-electron chi connectivity index (χ3n) is 0.954. The maximum absolute atomic E-state index is 5.09. The van der Waals surface area contributed by atoms with E-state index in [1.165, 1.54) is 5.57 Å². The van der Waals surface area contributed by atoms with Crippen LogP contribution in [0, 0.1) is 0 Å². The number of hydrazine groups is 1. The first-order valence-electron chi connectivity index (χ1n) is 3.03. The Labute approximate surface area is 56.4 Å². The molecule has 0 aromatic rings. The third-order valence-corrected chi connectivity index (χ3v) is 0.954. The van der Waals surface area contributed by atoms with Crippen molar-refractivity contribution in [2.75, 3.05) is 6.54 Å². The van der Waals surface area contributed by atoms with Crippen LogP contribution in [-0.4, -0.2) is 6.54 Å². The lowest BCUT2D eigenvalue weighted by atomic mass is 10.3. The summed E-state index contributed by atoms with van der Waals surface area (Å²) in [5.41, 5.74) is 3.81. The zero-order chi connectivity index (χ0) is 7.11. The van der Waals surface area contributed by atoms with E-state index in [2.05, 4.69) is 5.43 Å². The Morgan fingerprint density at radius 2 is 2.33 bits per heavy atom. The molecule has 0 saturated carbocycles. The molecule has 0 saturated heterocycles. The molecule has 0 amide bonds. The van der Waals surface area contributed by atoms with Crippen LogP contribution in [0.3, 0.4) is 0 Å². The van der Waals surface area contributed by atoms with Gasteiger partial charge in [-0.25, -0.2) is 0 Å². The van der Waals surface area contributed by atoms with Crippen molar-refractivity contribution in [1.29, 1.82) is 0 Å². The lowest BCUT2D eigenvalue weighted by Crippen LogP contribution is -2.23. The average molecular weight is 126 g/mol. The van der Waals surface area contributed by atoms with Gasteiger partial charge in [0.25, 0.3) is 0 Å². The van der Waals surface area contributed by atoms with Crippen LogP contribution in [0.1, 0.15) is 13.8 Å². The SMILES string of the molecule is C/C=C/C=C(\C)CNN. The molecule has 0 rings (SSSR count). The summed E-state index contributed by atoms with van der Waals surface area (Å²) in [6, 6.07) is 0. The Balaban J connectivity index is 3.55. The van der Waals surface area contributed by atoms with Crippen molar-refractivity contribution in [1.82, 2.24) is 5.43 Å². The normalized spacial score (nSPS) is 13.0. The van der Waals surface area contributed by atoms with Crippen LogP contribution in [0.25, 0.3) is 0 Å². The van der Waals surface area contributed by atoms with Crippen molar-refractivity contribution in [3.63, 3.8) is 0 Å². The lowest BCUT2D eigenvalue weighted by molar-refractivity contribution is 0.796. The van der Waals surface area contributed by atoms with Gasteiger partial charge in [0.15, 0.2) is 0 Å². The van der Waals surface area contributed by atoms with E-state index in [9.17, 15) is 0 Å². The van der Waals surface area contributed by atoms with Crippen LogP contribution in [0.4, 0.5) is 0 Å². The molecule has 9 heavy (non-hydrogen) atoms. The monoisotopic (exact) mass is 126 g/mol. The summed E-state index contributed by atoms with van der Waals surface area (Å²) >= 11 is 0. The Bertz CT molecular complexity index is 114. The van der Waals surface area contributed by atoms with Crippen molar-refractivity contribution >= 4 is 0 Å². The van der Waals surface area contributed by atoms with Crippen LogP contribution < -0.4 is 11.3 Å². The molecule has 0 radical (unpaired) electrons. The van der Waals surface area contributed by atoms with Crippen molar-refractivity contribution in [2.24, 2.45) is 5.84 Å². The average Bonchev–Trinajstić information content (AvgIpc) is 1.85. The molecule has 0 fully saturated rings. The molecule has 0 aliphatic rings. The molecular formula is C7H14N2. The van der Waals surface area contributed by atoms with Crippen LogP contribution in [0.2, 0.25) is 0 Å². The van der Waals surface area contributed by atoms with Crippen molar-refractivity contribution in [3.05, 3.63) is 23.8 Å². The van der Waals surface area contributed by atoms with Gasteiger partial charge in [0.2, 0.25) is 0 Å². The smallest absolute Gasteiger partial charge is 0.0308 e. The van der Waals surface area contributed by atoms with E-state index in [0.29, 0.717) is 0 Å². The minimum Gasteiger partial charge on any atom is -0.271 e. The first kappa shape index (κ1) is 8.40. The molecule has 2 heteroatoms. The predicted molar refractivity (Wildman–Crippen MR) is 40.8 cm³/mol. The molecule has 0 aliphatic heterocycles. The number of nitrogens with one attached hydrogen (secondary N) is 1. The first-order valence-corrected chi connectivity index (χ1v) is 3.03. The minimum absolute atomic E-state index is 0.754. The Morgan fingerprint density at radius 3 is 2.78 bits per heavy atom. The van der Waals surface area contributed by atoms with E-state index in [-0.39, 0.29) is 0 Å². The second kappa shape index (κ2) is 5.54. The number of allylic oxidation sites excluding steroid dienone is 3. The molecule has 0 aromatic carbocycles. The third kappa shape index (κ3) is 5.27. The fourth-order valence-electron chi connectivity index (χ4n) is 0.480. The molecule has 0 unspecified atom stereocenters. The number of rotatable bonds is 3. The van der Waals surface area contributed by atoms with Crippen LogP contribution in [0.15, 0.2) is 23.8 Å². The van der Waals surface area contributed by atoms with Crippen molar-refractivity contribution in [3.8, 4) is 0 Å². The van der Waals surface area contributed by atoms with E-state index >= 15 is 0 Å². The highest BCUT2D eigenvalue weighted by Gasteiger charge is 1.80. The van der Waals surface area contributed by atoms with Crippen LogP contribution in [-0.2, 0) is 0 Å². The van der Waals surface area contributed by atoms with Gasteiger partial charge < -0.3 is 0 Å². The summed E-state index contributed by atoms with van der Waals surface area (Å²) in [6.07, 6.45) is 6.01. The minimum atomic E-state index is 0.754. The van der Waals surface area contributed by atoms with Crippen LogP contribution >= 0.6 is 0 Å². The summed E-state index contributed by atoms with van der Waals surface area (Å²) < 4.78 is 0. The van der Waals surface area contributed by atoms with E-state index in [4.69, 9.17) is 5.84 Å². The maximum atomic E-state index is 5.09. The van der Waals surface area contributed by atoms with Gasteiger partial charge in [-0.05, 0) is 13.8 Å². The predicted octanol–water partition coefficient (Wildman–Crippen LogP) is 0.972. The Morgan fingerprint density at radius 1 is 1.67 bits per heavy atom.